The first-order valence-corrected chi connectivity index (χ1v) is 9.06. The zero-order chi connectivity index (χ0) is 19.0. The van der Waals surface area contributed by atoms with Crippen LogP contribution in [0, 0.1) is 5.95 Å². The topological polar surface area (TPSA) is 39.1 Å². The molecule has 0 radical (unpaired) electrons. The third-order valence-corrected chi connectivity index (χ3v) is 4.90. The highest BCUT2D eigenvalue weighted by atomic mass is 79.9. The third-order valence-electron chi connectivity index (χ3n) is 4.37. The van der Waals surface area contributed by atoms with Crippen LogP contribution in [0.4, 0.5) is 4.39 Å². The Morgan fingerprint density at radius 3 is 2.11 bits per heavy atom. The van der Waals surface area contributed by atoms with Gasteiger partial charge in [0.05, 0.1) is 11.1 Å². The fourth-order valence-corrected chi connectivity index (χ4v) is 3.34. The summed E-state index contributed by atoms with van der Waals surface area (Å²) < 4.78 is 17.1. The minimum Gasteiger partial charge on any atom is -0.288 e. The van der Waals surface area contributed by atoms with Crippen molar-refractivity contribution in [3.63, 3.8) is 0 Å². The number of fused-ring (bicyclic) bond motifs is 1. The van der Waals surface area contributed by atoms with E-state index in [1.807, 2.05) is 0 Å². The summed E-state index contributed by atoms with van der Waals surface area (Å²) in [5.41, 5.74) is 0.969. The minimum atomic E-state index is -0.849. The van der Waals surface area contributed by atoms with Crippen molar-refractivity contribution in [1.82, 2.24) is 4.57 Å². The molecule has 0 saturated heterocycles. The van der Waals surface area contributed by atoms with Crippen molar-refractivity contribution < 1.29 is 14.0 Å². The van der Waals surface area contributed by atoms with Gasteiger partial charge in [0.25, 0.3) is 5.91 Å². The van der Waals surface area contributed by atoms with E-state index < -0.39 is 17.6 Å². The number of halogens is 2. The molecule has 0 spiro atoms. The zero-order valence-electron chi connectivity index (χ0n) is 14.0. The van der Waals surface area contributed by atoms with Crippen molar-refractivity contribution in [2.24, 2.45) is 0 Å². The van der Waals surface area contributed by atoms with Crippen LogP contribution in [0.2, 0.25) is 0 Å². The fraction of sp³-hybridized carbons (Fsp3) is 0. The quantitative estimate of drug-likeness (QED) is 0.411. The maximum atomic E-state index is 15.4. The van der Waals surface area contributed by atoms with Crippen LogP contribution in [0.1, 0.15) is 26.3 Å². The molecule has 1 heterocycles. The van der Waals surface area contributed by atoms with E-state index >= 15 is 4.39 Å². The molecule has 0 aliphatic carbocycles. The molecule has 0 fully saturated rings. The van der Waals surface area contributed by atoms with Crippen molar-refractivity contribution in [2.75, 3.05) is 0 Å². The first-order chi connectivity index (χ1) is 13.1. The molecule has 0 unspecified atom stereocenters. The predicted octanol–water partition coefficient (Wildman–Crippen LogP) is 5.46. The molecule has 5 heteroatoms. The summed E-state index contributed by atoms with van der Waals surface area (Å²) in [6.07, 6.45) is 0. The molecular formula is C22H13BrFNO2. The van der Waals surface area contributed by atoms with E-state index in [9.17, 15) is 9.59 Å². The molecular weight excluding hydrogens is 409 g/mol. The molecule has 0 N–H and O–H groups in total. The van der Waals surface area contributed by atoms with Crippen LogP contribution >= 0.6 is 15.9 Å². The summed E-state index contributed by atoms with van der Waals surface area (Å²) in [5, 5.41) is 0.411. The Labute approximate surface area is 163 Å². The minimum absolute atomic E-state index is 0.0951. The standard InChI is InChI=1S/C22H13BrFNO2/c23-16-12-10-15(11-13-16)22(27)25-18-9-5-4-8-17(18)19(21(25)24)20(26)14-6-2-1-3-7-14/h1-13H. The van der Waals surface area contributed by atoms with E-state index in [1.54, 1.807) is 78.9 Å². The number of aromatic nitrogens is 1. The van der Waals surface area contributed by atoms with Crippen LogP contribution in [0.25, 0.3) is 10.9 Å². The SMILES string of the molecule is O=C(c1ccccc1)c1c(F)n(C(=O)c2ccc(Br)cc2)c2ccccc12. The van der Waals surface area contributed by atoms with Gasteiger partial charge >= 0.3 is 0 Å². The molecule has 0 aliphatic heterocycles. The van der Waals surface area contributed by atoms with Crippen LogP contribution in [-0.4, -0.2) is 16.3 Å². The van der Waals surface area contributed by atoms with Crippen LogP contribution in [0.15, 0.2) is 83.3 Å². The van der Waals surface area contributed by atoms with Gasteiger partial charge in [-0.25, -0.2) is 0 Å². The average Bonchev–Trinajstić information content (AvgIpc) is 3.00. The molecule has 3 nitrogen and oxygen atoms in total. The van der Waals surface area contributed by atoms with Crippen LogP contribution in [0.5, 0.6) is 0 Å². The van der Waals surface area contributed by atoms with Crippen molar-refractivity contribution in [3.05, 3.63) is 106 Å². The maximum Gasteiger partial charge on any atom is 0.264 e. The van der Waals surface area contributed by atoms with Crippen molar-refractivity contribution >= 4 is 38.5 Å². The number of ketones is 1. The summed E-state index contributed by atoms with van der Waals surface area (Å²) in [7, 11) is 0. The Morgan fingerprint density at radius 2 is 1.41 bits per heavy atom. The Bertz CT molecular complexity index is 1160. The third kappa shape index (κ3) is 3.00. The molecule has 4 rings (SSSR count). The number of benzene rings is 3. The van der Waals surface area contributed by atoms with Crippen LogP contribution in [0.3, 0.4) is 0 Å². The van der Waals surface area contributed by atoms with Gasteiger partial charge in [-0.3, -0.25) is 14.2 Å². The molecule has 4 aromatic rings. The summed E-state index contributed by atoms with van der Waals surface area (Å²) in [6, 6.07) is 21.9. The van der Waals surface area contributed by atoms with Crippen LogP contribution < -0.4 is 0 Å². The highest BCUT2D eigenvalue weighted by Gasteiger charge is 2.27. The van der Waals surface area contributed by atoms with Gasteiger partial charge in [0, 0.05) is 21.0 Å². The highest BCUT2D eigenvalue weighted by molar-refractivity contribution is 9.10. The summed E-state index contributed by atoms with van der Waals surface area (Å²) >= 11 is 3.32. The zero-order valence-corrected chi connectivity index (χ0v) is 15.6. The van der Waals surface area contributed by atoms with Gasteiger partial charge in [0.1, 0.15) is 0 Å². The van der Waals surface area contributed by atoms with E-state index in [1.165, 1.54) is 0 Å². The molecule has 0 atom stereocenters. The van der Waals surface area contributed by atoms with Crippen molar-refractivity contribution in [2.45, 2.75) is 0 Å². The lowest BCUT2D eigenvalue weighted by molar-refractivity contribution is 0.0952. The van der Waals surface area contributed by atoms with E-state index in [2.05, 4.69) is 15.9 Å². The van der Waals surface area contributed by atoms with Gasteiger partial charge in [0.2, 0.25) is 5.95 Å². The number of rotatable bonds is 3. The Morgan fingerprint density at radius 1 is 0.778 bits per heavy atom. The monoisotopic (exact) mass is 421 g/mol. The van der Waals surface area contributed by atoms with E-state index in [4.69, 9.17) is 0 Å². The second kappa shape index (κ2) is 6.93. The lowest BCUT2D eigenvalue weighted by Gasteiger charge is -2.05. The van der Waals surface area contributed by atoms with Gasteiger partial charge < -0.3 is 0 Å². The fourth-order valence-electron chi connectivity index (χ4n) is 3.08. The van der Waals surface area contributed by atoms with Gasteiger partial charge in [-0.2, -0.15) is 4.39 Å². The highest BCUT2D eigenvalue weighted by Crippen LogP contribution is 2.28. The molecule has 27 heavy (non-hydrogen) atoms. The number of hydrogen-bond acceptors (Lipinski definition) is 2. The summed E-state index contributed by atoms with van der Waals surface area (Å²) in [4.78, 5) is 25.9. The molecule has 0 amide bonds. The first-order valence-electron chi connectivity index (χ1n) is 8.27. The van der Waals surface area contributed by atoms with Gasteiger partial charge in [-0.15, -0.1) is 0 Å². The summed E-state index contributed by atoms with van der Waals surface area (Å²) in [6.45, 7) is 0. The smallest absolute Gasteiger partial charge is 0.264 e. The molecule has 0 aliphatic rings. The number of carbonyl (C=O) groups is 2. The average molecular weight is 422 g/mol. The van der Waals surface area contributed by atoms with Crippen LogP contribution in [-0.2, 0) is 0 Å². The molecule has 132 valence electrons. The largest absolute Gasteiger partial charge is 0.288 e. The van der Waals surface area contributed by atoms with Gasteiger partial charge in [0.15, 0.2) is 5.78 Å². The Kier molecular flexibility index (Phi) is 4.46. The van der Waals surface area contributed by atoms with Crippen molar-refractivity contribution in [1.29, 1.82) is 0 Å². The molecule has 3 aromatic carbocycles. The van der Waals surface area contributed by atoms with Gasteiger partial charge in [-0.1, -0.05) is 64.5 Å². The second-order valence-electron chi connectivity index (χ2n) is 6.03. The second-order valence-corrected chi connectivity index (χ2v) is 6.94. The number of carbonyl (C=O) groups excluding carboxylic acids is 2. The molecule has 1 aromatic heterocycles. The summed E-state index contributed by atoms with van der Waals surface area (Å²) in [5.74, 6) is -1.83. The normalized spacial score (nSPS) is 10.9. The number of hydrogen-bond donors (Lipinski definition) is 0. The van der Waals surface area contributed by atoms with E-state index in [0.29, 0.717) is 22.0 Å². The molecule has 0 bridgehead atoms. The van der Waals surface area contributed by atoms with E-state index in [0.717, 1.165) is 9.04 Å². The Hall–Kier alpha value is -3.05. The maximum absolute atomic E-state index is 15.4. The van der Waals surface area contributed by atoms with E-state index in [-0.39, 0.29) is 5.56 Å². The Balaban J connectivity index is 1.93. The first kappa shape index (κ1) is 17.4. The number of nitrogens with zero attached hydrogens (tertiary/aromatic N) is 1. The molecule has 0 saturated carbocycles. The number of para-hydroxylation sites is 1. The van der Waals surface area contributed by atoms with Crippen molar-refractivity contribution in [3.8, 4) is 0 Å². The lowest BCUT2D eigenvalue weighted by Crippen LogP contribution is -2.15. The van der Waals surface area contributed by atoms with Gasteiger partial charge in [-0.05, 0) is 30.3 Å². The predicted molar refractivity (Wildman–Crippen MR) is 106 cm³/mol. The lowest BCUT2D eigenvalue weighted by atomic mass is 10.0.